The second-order valence-electron chi connectivity index (χ2n) is 14.3. The Morgan fingerprint density at radius 3 is 2.00 bits per heavy atom. The number of hydrogen-bond acceptors (Lipinski definition) is 1. The third-order valence-electron chi connectivity index (χ3n) is 11.5. The van der Waals surface area contributed by atoms with Crippen LogP contribution in [0.5, 0.6) is 0 Å². The molecule has 1 heteroatoms. The van der Waals surface area contributed by atoms with Gasteiger partial charge in [-0.2, -0.15) is 0 Å². The molecule has 0 fully saturated rings. The Morgan fingerprint density at radius 1 is 0.415 bits per heavy atom. The summed E-state index contributed by atoms with van der Waals surface area (Å²) in [6, 6.07) is 62.0. The van der Waals surface area contributed by atoms with Gasteiger partial charge >= 0.3 is 0 Å². The van der Waals surface area contributed by atoms with E-state index in [0.717, 1.165) is 27.5 Å². The summed E-state index contributed by atoms with van der Waals surface area (Å²) in [6.07, 6.45) is 9.20. The van der Waals surface area contributed by atoms with Crippen molar-refractivity contribution in [1.82, 2.24) is 0 Å². The molecule has 1 nitrogen and oxygen atoms in total. The summed E-state index contributed by atoms with van der Waals surface area (Å²) in [5, 5.41) is 7.45. The lowest BCUT2D eigenvalue weighted by Gasteiger charge is -2.37. The fraction of sp³-hybridized carbons (Fsp3) is 0.0385. The molecule has 0 radical (unpaired) electrons. The molecule has 248 valence electrons. The summed E-state index contributed by atoms with van der Waals surface area (Å²) < 4.78 is 6.60. The molecule has 1 heterocycles. The van der Waals surface area contributed by atoms with E-state index in [-0.39, 0.29) is 11.8 Å². The quantitative estimate of drug-likeness (QED) is 0.169. The molecule has 0 spiro atoms. The predicted molar refractivity (Wildman–Crippen MR) is 222 cm³/mol. The van der Waals surface area contributed by atoms with Gasteiger partial charge in [0.05, 0.1) is 0 Å². The van der Waals surface area contributed by atoms with E-state index in [1.54, 1.807) is 0 Å². The Kier molecular flexibility index (Phi) is 6.75. The highest BCUT2D eigenvalue weighted by Gasteiger charge is 2.36. The Labute approximate surface area is 308 Å². The molecule has 53 heavy (non-hydrogen) atoms. The highest BCUT2D eigenvalue weighted by atomic mass is 16.3. The molecule has 0 N–H and O–H groups in total. The molecule has 2 aliphatic rings. The number of furan rings is 1. The number of allylic oxidation sites excluding steroid dienone is 5. The Balaban J connectivity index is 1.07. The second-order valence-corrected chi connectivity index (χ2v) is 14.3. The lowest BCUT2D eigenvalue weighted by atomic mass is 9.66. The molecule has 2 atom stereocenters. The summed E-state index contributed by atoms with van der Waals surface area (Å²) >= 11 is 0. The third-order valence-corrected chi connectivity index (χ3v) is 11.5. The van der Waals surface area contributed by atoms with Crippen LogP contribution in [0, 0.1) is 5.92 Å². The van der Waals surface area contributed by atoms with Gasteiger partial charge in [-0.05, 0) is 108 Å². The van der Waals surface area contributed by atoms with E-state index in [9.17, 15) is 0 Å². The molecule has 0 bridgehead atoms. The zero-order valence-corrected chi connectivity index (χ0v) is 29.0. The van der Waals surface area contributed by atoms with Crippen molar-refractivity contribution >= 4 is 49.1 Å². The first-order valence-electron chi connectivity index (χ1n) is 18.5. The van der Waals surface area contributed by atoms with Gasteiger partial charge in [0.1, 0.15) is 11.2 Å². The van der Waals surface area contributed by atoms with Crippen LogP contribution in [0.2, 0.25) is 0 Å². The van der Waals surface area contributed by atoms with E-state index < -0.39 is 0 Å². The monoisotopic (exact) mass is 674 g/mol. The van der Waals surface area contributed by atoms with Crippen molar-refractivity contribution in [1.29, 1.82) is 0 Å². The molecule has 0 amide bonds. The topological polar surface area (TPSA) is 13.1 Å². The Bertz CT molecular complexity index is 3010. The van der Waals surface area contributed by atoms with Crippen molar-refractivity contribution in [2.24, 2.45) is 5.92 Å². The van der Waals surface area contributed by atoms with Crippen molar-refractivity contribution in [2.45, 2.75) is 5.92 Å². The van der Waals surface area contributed by atoms with E-state index in [1.165, 1.54) is 71.6 Å². The van der Waals surface area contributed by atoms with Crippen LogP contribution in [0.4, 0.5) is 0 Å². The highest BCUT2D eigenvalue weighted by Crippen LogP contribution is 2.52. The molecular formula is C52H34O. The molecule has 2 aliphatic carbocycles. The van der Waals surface area contributed by atoms with Gasteiger partial charge in [-0.15, -0.1) is 0 Å². The lowest BCUT2D eigenvalue weighted by molar-refractivity contribution is 0.647. The summed E-state index contributed by atoms with van der Waals surface area (Å²) in [6.45, 7) is 0. The van der Waals surface area contributed by atoms with Crippen LogP contribution in [-0.4, -0.2) is 0 Å². The normalized spacial score (nSPS) is 16.5. The number of hydrogen-bond donors (Lipinski definition) is 0. The van der Waals surface area contributed by atoms with Gasteiger partial charge in [-0.25, -0.2) is 0 Å². The van der Waals surface area contributed by atoms with Gasteiger partial charge in [0.25, 0.3) is 0 Å². The standard InChI is InChI=1S/C52H34O/c1-2-14-33(15-3-1)37-17-6-7-18-38(37)35-26-28-42-47-31-36(27-29-49(47)53-50(42)32-35)51-43-22-10-12-24-45(43)52(46-25-13-11-23-44(46)51)48-30-34-16-4-5-19-39(34)40-20-8-9-21-41(40)48/h1-32,43,51H. The van der Waals surface area contributed by atoms with E-state index in [4.69, 9.17) is 4.42 Å². The third kappa shape index (κ3) is 4.71. The SMILES string of the molecule is C1=CC2=C(c3cc4ccccc4c4ccccc34)c3ccccc3C(c3ccc4oc5cc(-c6ccccc6-c6ccccc6)ccc5c4c3)C2C=C1. The van der Waals surface area contributed by atoms with Crippen LogP contribution in [0.25, 0.3) is 71.3 Å². The zero-order chi connectivity index (χ0) is 34.9. The van der Waals surface area contributed by atoms with E-state index in [0.29, 0.717) is 0 Å². The minimum Gasteiger partial charge on any atom is -0.456 e. The van der Waals surface area contributed by atoms with Crippen LogP contribution >= 0.6 is 0 Å². The predicted octanol–water partition coefficient (Wildman–Crippen LogP) is 13.9. The summed E-state index contributed by atoms with van der Waals surface area (Å²) in [5.74, 6) is 0.344. The van der Waals surface area contributed by atoms with Crippen LogP contribution < -0.4 is 0 Å². The maximum absolute atomic E-state index is 6.60. The molecule has 0 saturated heterocycles. The maximum atomic E-state index is 6.60. The summed E-state index contributed by atoms with van der Waals surface area (Å²) in [5.41, 5.74) is 14.6. The van der Waals surface area contributed by atoms with Crippen LogP contribution in [0.3, 0.4) is 0 Å². The number of benzene rings is 8. The Morgan fingerprint density at radius 2 is 1.13 bits per heavy atom. The van der Waals surface area contributed by atoms with Crippen molar-refractivity contribution in [3.8, 4) is 22.3 Å². The van der Waals surface area contributed by atoms with Gasteiger partial charge in [-0.3, -0.25) is 0 Å². The second kappa shape index (κ2) is 11.9. The van der Waals surface area contributed by atoms with Crippen LogP contribution in [0.15, 0.2) is 204 Å². The summed E-state index contributed by atoms with van der Waals surface area (Å²) in [4.78, 5) is 0. The minimum absolute atomic E-state index is 0.157. The molecule has 8 aromatic carbocycles. The molecular weight excluding hydrogens is 641 g/mol. The molecule has 1 aromatic heterocycles. The van der Waals surface area contributed by atoms with Crippen molar-refractivity contribution in [3.05, 3.63) is 222 Å². The minimum atomic E-state index is 0.157. The van der Waals surface area contributed by atoms with Gasteiger partial charge in [0.2, 0.25) is 0 Å². The molecule has 11 rings (SSSR count). The van der Waals surface area contributed by atoms with Crippen molar-refractivity contribution in [2.75, 3.05) is 0 Å². The first-order chi connectivity index (χ1) is 26.3. The van der Waals surface area contributed by atoms with Gasteiger partial charge in [-0.1, -0.05) is 164 Å². The highest BCUT2D eigenvalue weighted by molar-refractivity contribution is 6.14. The fourth-order valence-corrected chi connectivity index (χ4v) is 9.15. The molecule has 2 unspecified atom stereocenters. The largest absolute Gasteiger partial charge is 0.456 e. The van der Waals surface area contributed by atoms with E-state index >= 15 is 0 Å². The smallest absolute Gasteiger partial charge is 0.136 e. The van der Waals surface area contributed by atoms with Crippen molar-refractivity contribution in [3.63, 3.8) is 0 Å². The Hall–Kier alpha value is -6.70. The van der Waals surface area contributed by atoms with E-state index in [1.807, 2.05) is 0 Å². The lowest BCUT2D eigenvalue weighted by Crippen LogP contribution is -2.22. The zero-order valence-electron chi connectivity index (χ0n) is 29.0. The van der Waals surface area contributed by atoms with Gasteiger partial charge in [0.15, 0.2) is 0 Å². The fourth-order valence-electron chi connectivity index (χ4n) is 9.15. The number of rotatable bonds is 4. The first-order valence-corrected chi connectivity index (χ1v) is 18.5. The number of fused-ring (bicyclic) bond motifs is 8. The molecule has 0 aliphatic heterocycles. The van der Waals surface area contributed by atoms with Crippen LogP contribution in [-0.2, 0) is 0 Å². The van der Waals surface area contributed by atoms with E-state index in [2.05, 4.69) is 194 Å². The average Bonchev–Trinajstić information content (AvgIpc) is 3.60. The van der Waals surface area contributed by atoms with Crippen LogP contribution in [0.1, 0.15) is 28.2 Å². The van der Waals surface area contributed by atoms with Crippen molar-refractivity contribution < 1.29 is 4.42 Å². The maximum Gasteiger partial charge on any atom is 0.136 e. The van der Waals surface area contributed by atoms with Gasteiger partial charge < -0.3 is 4.42 Å². The average molecular weight is 675 g/mol. The first kappa shape index (κ1) is 30.0. The summed E-state index contributed by atoms with van der Waals surface area (Å²) in [7, 11) is 0. The molecule has 9 aromatic rings. The molecule has 0 saturated carbocycles. The van der Waals surface area contributed by atoms with Gasteiger partial charge in [0, 0.05) is 22.6 Å².